The molecule has 1 aliphatic rings. The minimum absolute atomic E-state index is 0.176. The third-order valence-corrected chi connectivity index (χ3v) is 3.89. The van der Waals surface area contributed by atoms with Gasteiger partial charge < -0.3 is 10.8 Å². The summed E-state index contributed by atoms with van der Waals surface area (Å²) in [6.45, 7) is 5.42. The summed E-state index contributed by atoms with van der Waals surface area (Å²) in [5.74, 6) is 0.462. The molecule has 1 aromatic rings. The van der Waals surface area contributed by atoms with Crippen LogP contribution < -0.4 is 5.73 Å². The molecule has 2 heterocycles. The van der Waals surface area contributed by atoms with Crippen molar-refractivity contribution in [2.45, 2.75) is 39.0 Å². The van der Waals surface area contributed by atoms with Crippen LogP contribution in [0.25, 0.3) is 0 Å². The van der Waals surface area contributed by atoms with Crippen molar-refractivity contribution in [2.24, 2.45) is 11.7 Å². The summed E-state index contributed by atoms with van der Waals surface area (Å²) in [7, 11) is 0. The Hall–Kier alpha value is -0.970. The van der Waals surface area contributed by atoms with Gasteiger partial charge in [0.05, 0.1) is 11.8 Å². The Labute approximate surface area is 109 Å². The van der Waals surface area contributed by atoms with Gasteiger partial charge in [-0.1, -0.05) is 6.07 Å². The van der Waals surface area contributed by atoms with Gasteiger partial charge >= 0.3 is 0 Å². The molecule has 1 fully saturated rings. The second-order valence-electron chi connectivity index (χ2n) is 5.17. The van der Waals surface area contributed by atoms with Gasteiger partial charge in [-0.25, -0.2) is 0 Å². The van der Waals surface area contributed by atoms with E-state index < -0.39 is 0 Å². The largest absolute Gasteiger partial charge is 0.393 e. The van der Waals surface area contributed by atoms with E-state index in [-0.39, 0.29) is 6.10 Å². The van der Waals surface area contributed by atoms with E-state index >= 15 is 0 Å². The molecule has 1 aliphatic heterocycles. The van der Waals surface area contributed by atoms with Crippen LogP contribution in [-0.4, -0.2) is 34.2 Å². The fourth-order valence-electron chi connectivity index (χ4n) is 2.63. The number of pyridine rings is 1. The highest BCUT2D eigenvalue weighted by Crippen LogP contribution is 2.22. The van der Waals surface area contributed by atoms with E-state index in [1.807, 2.05) is 13.0 Å². The Morgan fingerprint density at radius 3 is 2.83 bits per heavy atom. The number of aliphatic hydroxyl groups excluding tert-OH is 1. The molecule has 1 aromatic heterocycles. The minimum atomic E-state index is -0.176. The van der Waals surface area contributed by atoms with E-state index in [1.165, 1.54) is 5.56 Å². The second-order valence-corrected chi connectivity index (χ2v) is 5.17. The van der Waals surface area contributed by atoms with Gasteiger partial charge in [-0.15, -0.1) is 0 Å². The predicted octanol–water partition coefficient (Wildman–Crippen LogP) is 1.13. The molecule has 18 heavy (non-hydrogen) atoms. The standard InChI is InChI=1S/C14H23N3O/c1-11(18)12-4-7-17(8-5-12)10-13-3-2-6-16-14(13)9-15/h2-3,6,11-12,18H,4-5,7-10,15H2,1H3. The molecule has 0 bridgehead atoms. The minimum Gasteiger partial charge on any atom is -0.393 e. The third-order valence-electron chi connectivity index (χ3n) is 3.89. The first-order valence-corrected chi connectivity index (χ1v) is 6.74. The lowest BCUT2D eigenvalue weighted by Gasteiger charge is -2.33. The monoisotopic (exact) mass is 249 g/mol. The Morgan fingerprint density at radius 2 is 2.22 bits per heavy atom. The Morgan fingerprint density at radius 1 is 1.50 bits per heavy atom. The maximum atomic E-state index is 9.59. The zero-order chi connectivity index (χ0) is 13.0. The SMILES string of the molecule is CC(O)C1CCN(Cc2cccnc2CN)CC1. The van der Waals surface area contributed by atoms with Gasteiger partial charge in [-0.2, -0.15) is 0 Å². The first-order chi connectivity index (χ1) is 8.70. The van der Waals surface area contributed by atoms with Crippen LogP contribution in [0, 0.1) is 5.92 Å². The highest BCUT2D eigenvalue weighted by molar-refractivity contribution is 5.19. The summed E-state index contributed by atoms with van der Waals surface area (Å²) >= 11 is 0. The molecule has 0 aliphatic carbocycles. The van der Waals surface area contributed by atoms with Crippen LogP contribution in [0.4, 0.5) is 0 Å². The van der Waals surface area contributed by atoms with E-state index in [2.05, 4.69) is 16.0 Å². The fourth-order valence-corrected chi connectivity index (χ4v) is 2.63. The fraction of sp³-hybridized carbons (Fsp3) is 0.643. The number of aliphatic hydroxyl groups is 1. The Kier molecular flexibility index (Phi) is 4.69. The van der Waals surface area contributed by atoms with Gasteiger partial charge in [0.15, 0.2) is 0 Å². The number of piperidine rings is 1. The molecule has 0 saturated carbocycles. The van der Waals surface area contributed by atoms with Gasteiger partial charge in [0, 0.05) is 19.3 Å². The van der Waals surface area contributed by atoms with Crippen molar-refractivity contribution in [1.82, 2.24) is 9.88 Å². The molecule has 1 atom stereocenters. The molecular weight excluding hydrogens is 226 g/mol. The second kappa shape index (κ2) is 6.27. The van der Waals surface area contributed by atoms with Gasteiger partial charge in [-0.3, -0.25) is 9.88 Å². The molecule has 4 nitrogen and oxygen atoms in total. The molecule has 0 radical (unpaired) electrons. The highest BCUT2D eigenvalue weighted by atomic mass is 16.3. The van der Waals surface area contributed by atoms with Crippen LogP contribution >= 0.6 is 0 Å². The van der Waals surface area contributed by atoms with E-state index in [4.69, 9.17) is 5.73 Å². The first kappa shape index (κ1) is 13.5. The van der Waals surface area contributed by atoms with Gasteiger partial charge in [0.25, 0.3) is 0 Å². The molecule has 1 saturated heterocycles. The van der Waals surface area contributed by atoms with Gasteiger partial charge in [0.2, 0.25) is 0 Å². The maximum Gasteiger partial charge on any atom is 0.0584 e. The zero-order valence-electron chi connectivity index (χ0n) is 11.0. The predicted molar refractivity (Wildman–Crippen MR) is 71.8 cm³/mol. The number of hydrogen-bond donors (Lipinski definition) is 2. The molecule has 2 rings (SSSR count). The van der Waals surface area contributed by atoms with Crippen LogP contribution in [-0.2, 0) is 13.1 Å². The van der Waals surface area contributed by atoms with Gasteiger partial charge in [-0.05, 0) is 50.4 Å². The summed E-state index contributed by atoms with van der Waals surface area (Å²) in [4.78, 5) is 6.74. The average Bonchev–Trinajstić information content (AvgIpc) is 2.40. The summed E-state index contributed by atoms with van der Waals surface area (Å²) in [5, 5.41) is 9.59. The van der Waals surface area contributed by atoms with Crippen LogP contribution in [0.5, 0.6) is 0 Å². The van der Waals surface area contributed by atoms with E-state index in [0.717, 1.165) is 38.2 Å². The smallest absolute Gasteiger partial charge is 0.0584 e. The Balaban J connectivity index is 1.91. The van der Waals surface area contributed by atoms with Crippen molar-refractivity contribution in [3.63, 3.8) is 0 Å². The van der Waals surface area contributed by atoms with Crippen molar-refractivity contribution in [3.8, 4) is 0 Å². The van der Waals surface area contributed by atoms with Crippen LogP contribution in [0.15, 0.2) is 18.3 Å². The third kappa shape index (κ3) is 3.28. The lowest BCUT2D eigenvalue weighted by Crippen LogP contribution is -2.36. The highest BCUT2D eigenvalue weighted by Gasteiger charge is 2.22. The number of nitrogens with zero attached hydrogens (tertiary/aromatic N) is 2. The molecule has 1 unspecified atom stereocenters. The van der Waals surface area contributed by atoms with Crippen molar-refractivity contribution in [1.29, 1.82) is 0 Å². The lowest BCUT2D eigenvalue weighted by molar-refractivity contribution is 0.0694. The molecule has 4 heteroatoms. The number of likely N-dealkylation sites (tertiary alicyclic amines) is 1. The van der Waals surface area contributed by atoms with Gasteiger partial charge in [0.1, 0.15) is 0 Å². The van der Waals surface area contributed by atoms with Crippen molar-refractivity contribution in [3.05, 3.63) is 29.6 Å². The van der Waals surface area contributed by atoms with Crippen LogP contribution in [0.1, 0.15) is 31.0 Å². The summed E-state index contributed by atoms with van der Waals surface area (Å²) in [6.07, 6.45) is 3.78. The normalized spacial score (nSPS) is 19.9. The van der Waals surface area contributed by atoms with Crippen LogP contribution in [0.3, 0.4) is 0 Å². The molecule has 100 valence electrons. The van der Waals surface area contributed by atoms with Crippen molar-refractivity contribution < 1.29 is 5.11 Å². The molecule has 3 N–H and O–H groups in total. The number of hydrogen-bond acceptors (Lipinski definition) is 4. The number of nitrogens with two attached hydrogens (primary N) is 1. The lowest BCUT2D eigenvalue weighted by atomic mass is 9.92. The molecule has 0 amide bonds. The quantitative estimate of drug-likeness (QED) is 0.840. The molecule has 0 aromatic carbocycles. The van der Waals surface area contributed by atoms with E-state index in [1.54, 1.807) is 6.20 Å². The topological polar surface area (TPSA) is 62.4 Å². The summed E-state index contributed by atoms with van der Waals surface area (Å²) < 4.78 is 0. The Bertz CT molecular complexity index is 373. The van der Waals surface area contributed by atoms with Crippen molar-refractivity contribution >= 4 is 0 Å². The van der Waals surface area contributed by atoms with Crippen molar-refractivity contribution in [2.75, 3.05) is 13.1 Å². The van der Waals surface area contributed by atoms with E-state index in [9.17, 15) is 5.11 Å². The maximum absolute atomic E-state index is 9.59. The van der Waals surface area contributed by atoms with Crippen LogP contribution in [0.2, 0.25) is 0 Å². The number of aromatic nitrogens is 1. The average molecular weight is 249 g/mol. The summed E-state index contributed by atoms with van der Waals surface area (Å²) in [6, 6.07) is 4.08. The van der Waals surface area contributed by atoms with E-state index in [0.29, 0.717) is 12.5 Å². The summed E-state index contributed by atoms with van der Waals surface area (Å²) in [5.41, 5.74) is 7.93. The zero-order valence-corrected chi connectivity index (χ0v) is 11.0. The first-order valence-electron chi connectivity index (χ1n) is 6.74. The number of rotatable bonds is 4. The molecule has 0 spiro atoms. The molecular formula is C14H23N3O.